The lowest BCUT2D eigenvalue weighted by molar-refractivity contribution is -0.200. The maximum atomic E-state index is 13.6. The summed E-state index contributed by atoms with van der Waals surface area (Å²) in [4.78, 5) is 0. The Morgan fingerprint density at radius 2 is 1.63 bits per heavy atom. The van der Waals surface area contributed by atoms with Crippen molar-refractivity contribution in [1.29, 1.82) is 0 Å². The number of alkyl halides is 6. The Balaban J connectivity index is 1.89. The Hall–Kier alpha value is -2.17. The molecule has 3 rings (SSSR count). The molecule has 1 saturated heterocycles. The second-order valence-corrected chi connectivity index (χ2v) is 6.84. The van der Waals surface area contributed by atoms with Crippen LogP contribution in [0.2, 0.25) is 0 Å². The summed E-state index contributed by atoms with van der Waals surface area (Å²) < 4.78 is 103. The molecule has 0 spiro atoms. The highest BCUT2D eigenvalue weighted by Gasteiger charge is 2.38. The van der Waals surface area contributed by atoms with Gasteiger partial charge in [0, 0.05) is 6.54 Å². The molecule has 1 unspecified atom stereocenters. The molecule has 3 nitrogen and oxygen atoms in total. The third-order valence-corrected chi connectivity index (χ3v) is 4.65. The molecule has 1 heterocycles. The number of hydrogen-bond donors (Lipinski definition) is 1. The van der Waals surface area contributed by atoms with E-state index < -0.39 is 47.7 Å². The van der Waals surface area contributed by atoms with E-state index in [9.17, 15) is 30.7 Å². The van der Waals surface area contributed by atoms with Crippen molar-refractivity contribution in [1.82, 2.24) is 5.32 Å². The molecular formula is C20H18F7NO2. The maximum Gasteiger partial charge on any atom is 0.416 e. The average molecular weight is 437 g/mol. The summed E-state index contributed by atoms with van der Waals surface area (Å²) >= 11 is 0. The SMILES string of the molecule is C[C@@H](O[C@H]1OCCNC1c1cccc(F)c1)c1cc(C(F)(F)F)cc(C(F)(F)F)c1. The molecule has 0 bridgehead atoms. The molecule has 3 atom stereocenters. The minimum Gasteiger partial charge on any atom is -0.349 e. The predicted molar refractivity (Wildman–Crippen MR) is 92.8 cm³/mol. The van der Waals surface area contributed by atoms with Crippen molar-refractivity contribution in [2.45, 2.75) is 37.7 Å². The summed E-state index contributed by atoms with van der Waals surface area (Å²) in [5, 5.41) is 3.06. The van der Waals surface area contributed by atoms with Crippen LogP contribution in [0.3, 0.4) is 0 Å². The predicted octanol–water partition coefficient (Wildman–Crippen LogP) is 5.63. The second-order valence-electron chi connectivity index (χ2n) is 6.84. The van der Waals surface area contributed by atoms with E-state index in [-0.39, 0.29) is 18.2 Å². The number of ether oxygens (including phenoxy) is 2. The molecular weight excluding hydrogens is 419 g/mol. The van der Waals surface area contributed by atoms with Crippen LogP contribution < -0.4 is 5.32 Å². The molecule has 2 aromatic carbocycles. The number of rotatable bonds is 4. The fraction of sp³-hybridized carbons (Fsp3) is 0.400. The fourth-order valence-corrected chi connectivity index (χ4v) is 3.17. The van der Waals surface area contributed by atoms with Crippen molar-refractivity contribution < 1.29 is 40.2 Å². The van der Waals surface area contributed by atoms with Gasteiger partial charge in [0.05, 0.1) is 29.9 Å². The quantitative estimate of drug-likeness (QED) is 0.630. The van der Waals surface area contributed by atoms with Gasteiger partial charge in [0.25, 0.3) is 0 Å². The van der Waals surface area contributed by atoms with Crippen LogP contribution in [-0.4, -0.2) is 19.4 Å². The van der Waals surface area contributed by atoms with E-state index in [2.05, 4.69) is 5.32 Å². The summed E-state index contributed by atoms with van der Waals surface area (Å²) in [6, 6.07) is 6.23. The van der Waals surface area contributed by atoms with Crippen LogP contribution >= 0.6 is 0 Å². The van der Waals surface area contributed by atoms with Crippen LogP contribution in [0.25, 0.3) is 0 Å². The van der Waals surface area contributed by atoms with Gasteiger partial charge in [0.15, 0.2) is 6.29 Å². The average Bonchev–Trinajstić information content (AvgIpc) is 2.66. The zero-order chi connectivity index (χ0) is 22.1. The van der Waals surface area contributed by atoms with Gasteiger partial charge in [-0.2, -0.15) is 26.3 Å². The molecule has 0 aromatic heterocycles. The molecule has 30 heavy (non-hydrogen) atoms. The summed E-state index contributed by atoms with van der Waals surface area (Å²) in [5.41, 5.74) is -2.67. The zero-order valence-corrected chi connectivity index (χ0v) is 15.6. The first-order valence-electron chi connectivity index (χ1n) is 9.00. The van der Waals surface area contributed by atoms with E-state index in [1.54, 1.807) is 6.07 Å². The normalized spacial score (nSPS) is 21.5. The van der Waals surface area contributed by atoms with Crippen LogP contribution in [0, 0.1) is 5.82 Å². The van der Waals surface area contributed by atoms with E-state index in [1.807, 2.05) is 0 Å². The molecule has 1 N–H and O–H groups in total. The largest absolute Gasteiger partial charge is 0.416 e. The van der Waals surface area contributed by atoms with Gasteiger partial charge < -0.3 is 14.8 Å². The molecule has 0 radical (unpaired) electrons. The van der Waals surface area contributed by atoms with Gasteiger partial charge in [0.1, 0.15) is 5.82 Å². The number of benzene rings is 2. The van der Waals surface area contributed by atoms with Crippen molar-refractivity contribution in [3.8, 4) is 0 Å². The second kappa shape index (κ2) is 8.52. The van der Waals surface area contributed by atoms with Gasteiger partial charge >= 0.3 is 12.4 Å². The van der Waals surface area contributed by atoms with E-state index in [0.29, 0.717) is 24.2 Å². The van der Waals surface area contributed by atoms with Gasteiger partial charge in [-0.3, -0.25) is 0 Å². The molecule has 1 fully saturated rings. The van der Waals surface area contributed by atoms with Crippen molar-refractivity contribution >= 4 is 0 Å². The minimum atomic E-state index is -4.96. The number of hydrogen-bond acceptors (Lipinski definition) is 3. The van der Waals surface area contributed by atoms with Gasteiger partial charge in [0.2, 0.25) is 0 Å². The molecule has 2 aromatic rings. The first-order valence-corrected chi connectivity index (χ1v) is 9.00. The van der Waals surface area contributed by atoms with Crippen molar-refractivity contribution in [2.24, 2.45) is 0 Å². The first kappa shape index (κ1) is 22.5. The van der Waals surface area contributed by atoms with Crippen LogP contribution in [0.4, 0.5) is 30.7 Å². The van der Waals surface area contributed by atoms with E-state index in [1.165, 1.54) is 25.1 Å². The Morgan fingerprint density at radius 1 is 1.00 bits per heavy atom. The highest BCUT2D eigenvalue weighted by Crippen LogP contribution is 2.38. The zero-order valence-electron chi connectivity index (χ0n) is 15.6. The number of nitrogens with one attached hydrogen (secondary N) is 1. The van der Waals surface area contributed by atoms with Crippen LogP contribution in [0.1, 0.15) is 41.3 Å². The number of morpholine rings is 1. The topological polar surface area (TPSA) is 30.5 Å². The number of halogens is 7. The van der Waals surface area contributed by atoms with E-state index in [4.69, 9.17) is 9.47 Å². The molecule has 10 heteroatoms. The third kappa shape index (κ3) is 5.30. The van der Waals surface area contributed by atoms with Gasteiger partial charge in [-0.25, -0.2) is 4.39 Å². The Kier molecular flexibility index (Phi) is 6.40. The monoisotopic (exact) mass is 437 g/mol. The van der Waals surface area contributed by atoms with Crippen LogP contribution in [0.15, 0.2) is 42.5 Å². The van der Waals surface area contributed by atoms with Gasteiger partial charge in [-0.15, -0.1) is 0 Å². The molecule has 164 valence electrons. The molecule has 0 amide bonds. The summed E-state index contributed by atoms with van der Waals surface area (Å²) in [5.74, 6) is -0.501. The Labute approximate surface area is 167 Å². The highest BCUT2D eigenvalue weighted by molar-refractivity contribution is 5.34. The smallest absolute Gasteiger partial charge is 0.349 e. The minimum absolute atomic E-state index is 0.0600. The highest BCUT2D eigenvalue weighted by atomic mass is 19.4. The lowest BCUT2D eigenvalue weighted by atomic mass is 10.0. The molecule has 1 aliphatic rings. The summed E-state index contributed by atoms with van der Waals surface area (Å²) in [7, 11) is 0. The standard InChI is InChI=1S/C20H18F7NO2/c1-11(13-7-14(19(22,23)24)10-15(8-13)20(25,26)27)30-18-17(28-5-6-29-18)12-3-2-4-16(21)9-12/h2-4,7-11,17-18,28H,5-6H2,1H3/t11-,17?,18-/m1/s1. The lowest BCUT2D eigenvalue weighted by Crippen LogP contribution is -2.43. The van der Waals surface area contributed by atoms with Crippen molar-refractivity contribution in [3.63, 3.8) is 0 Å². The molecule has 0 saturated carbocycles. The van der Waals surface area contributed by atoms with Crippen molar-refractivity contribution in [2.75, 3.05) is 13.2 Å². The van der Waals surface area contributed by atoms with Crippen molar-refractivity contribution in [3.05, 3.63) is 70.5 Å². The summed E-state index contributed by atoms with van der Waals surface area (Å²) in [6.45, 7) is 1.95. The lowest BCUT2D eigenvalue weighted by Gasteiger charge is -2.34. The van der Waals surface area contributed by atoms with Crippen LogP contribution in [0.5, 0.6) is 0 Å². The summed E-state index contributed by atoms with van der Waals surface area (Å²) in [6.07, 6.45) is -12.1. The van der Waals surface area contributed by atoms with Crippen LogP contribution in [-0.2, 0) is 21.8 Å². The third-order valence-electron chi connectivity index (χ3n) is 4.65. The molecule has 0 aliphatic carbocycles. The fourth-order valence-electron chi connectivity index (χ4n) is 3.17. The first-order chi connectivity index (χ1) is 13.9. The Morgan fingerprint density at radius 3 is 2.20 bits per heavy atom. The van der Waals surface area contributed by atoms with Gasteiger partial charge in [-0.05, 0) is 48.4 Å². The van der Waals surface area contributed by atoms with E-state index in [0.717, 1.165) is 0 Å². The molecule has 1 aliphatic heterocycles. The Bertz CT molecular complexity index is 850. The maximum absolute atomic E-state index is 13.6. The van der Waals surface area contributed by atoms with E-state index >= 15 is 0 Å². The van der Waals surface area contributed by atoms with Gasteiger partial charge in [-0.1, -0.05) is 12.1 Å².